The first-order chi connectivity index (χ1) is 11.2. The van der Waals surface area contributed by atoms with Crippen LogP contribution in [0.1, 0.15) is 20.3 Å². The second-order valence-electron chi connectivity index (χ2n) is 5.73. The summed E-state index contributed by atoms with van der Waals surface area (Å²) in [5.74, 6) is -0.0125. The Bertz CT molecular complexity index is 657. The lowest BCUT2D eigenvalue weighted by Crippen LogP contribution is -2.35. The average molecular weight is 358 g/mol. The first-order valence-corrected chi connectivity index (χ1v) is 8.85. The van der Waals surface area contributed by atoms with E-state index < -0.39 is 21.1 Å². The quantitative estimate of drug-likeness (QED) is 0.375. The summed E-state index contributed by atoms with van der Waals surface area (Å²) < 4.78 is 24.3. The number of hydrogen-bond acceptors (Lipinski definition) is 6. The van der Waals surface area contributed by atoms with Gasteiger partial charge in [-0.05, 0) is 24.5 Å². The molecule has 2 atom stereocenters. The minimum absolute atomic E-state index is 0.166. The van der Waals surface area contributed by atoms with Gasteiger partial charge in [-0.3, -0.25) is 15.0 Å². The van der Waals surface area contributed by atoms with E-state index in [0.29, 0.717) is 12.3 Å². The van der Waals surface area contributed by atoms with E-state index in [1.807, 2.05) is 18.7 Å². The summed E-state index contributed by atoms with van der Waals surface area (Å²) in [6, 6.07) is 4.42. The molecule has 8 nitrogen and oxygen atoms in total. The lowest BCUT2D eigenvalue weighted by molar-refractivity contribution is -0.384. The number of nitrogens with zero attached hydrogens (tertiary/aromatic N) is 1. The van der Waals surface area contributed by atoms with Crippen molar-refractivity contribution in [3.8, 4) is 0 Å². The van der Waals surface area contributed by atoms with Crippen molar-refractivity contribution >= 4 is 15.7 Å². The second kappa shape index (κ2) is 8.88. The van der Waals surface area contributed by atoms with Crippen LogP contribution in [0.15, 0.2) is 41.8 Å². The summed E-state index contributed by atoms with van der Waals surface area (Å²) >= 11 is 0. The lowest BCUT2D eigenvalue weighted by Gasteiger charge is -2.24. The van der Waals surface area contributed by atoms with Crippen LogP contribution in [-0.2, 0) is 14.9 Å². The van der Waals surface area contributed by atoms with Gasteiger partial charge in [0.05, 0.1) is 9.82 Å². The van der Waals surface area contributed by atoms with Gasteiger partial charge in [-0.25, -0.2) is 8.42 Å². The Kier molecular flexibility index (Phi) is 7.49. The van der Waals surface area contributed by atoms with Crippen molar-refractivity contribution in [3.63, 3.8) is 0 Å². The highest BCUT2D eigenvalue weighted by molar-refractivity contribution is 7.89. The number of hydrogen-bond donors (Lipinski definition) is 2. The molecule has 0 bridgehead atoms. The number of aliphatic hydroxyl groups excluding tert-OH is 1. The summed E-state index contributed by atoms with van der Waals surface area (Å²) in [6.45, 7) is 7.38. The molecule has 1 rings (SSSR count). The van der Waals surface area contributed by atoms with Crippen LogP contribution < -0.4 is 4.89 Å². The van der Waals surface area contributed by atoms with Crippen molar-refractivity contribution in [2.75, 3.05) is 6.61 Å². The van der Waals surface area contributed by atoms with Gasteiger partial charge in [0.1, 0.15) is 6.10 Å². The van der Waals surface area contributed by atoms with Crippen molar-refractivity contribution in [2.45, 2.75) is 31.3 Å². The first-order valence-electron chi connectivity index (χ1n) is 7.36. The highest BCUT2D eigenvalue weighted by Crippen LogP contribution is 2.19. The zero-order chi connectivity index (χ0) is 18.3. The van der Waals surface area contributed by atoms with Gasteiger partial charge in [0.2, 0.25) is 0 Å². The summed E-state index contributed by atoms with van der Waals surface area (Å²) in [6.07, 6.45) is 1.35. The summed E-state index contributed by atoms with van der Waals surface area (Å²) in [5.41, 5.74) is -0.212. The molecule has 0 amide bonds. The minimum Gasteiger partial charge on any atom is -0.396 e. The zero-order valence-electron chi connectivity index (χ0n) is 13.6. The number of non-ortho nitro benzene ring substituents is 1. The highest BCUT2D eigenvalue weighted by Gasteiger charge is 2.23. The van der Waals surface area contributed by atoms with E-state index in [2.05, 4.69) is 6.58 Å². The maximum absolute atomic E-state index is 12.2. The van der Waals surface area contributed by atoms with Crippen molar-refractivity contribution in [1.82, 2.24) is 4.89 Å². The fourth-order valence-corrected chi connectivity index (χ4v) is 3.00. The maximum Gasteiger partial charge on any atom is 0.269 e. The van der Waals surface area contributed by atoms with Crippen LogP contribution in [0.5, 0.6) is 0 Å². The van der Waals surface area contributed by atoms with Crippen molar-refractivity contribution in [3.05, 3.63) is 47.0 Å². The molecule has 0 unspecified atom stereocenters. The molecular weight excluding hydrogens is 336 g/mol. The number of rotatable bonds is 10. The maximum atomic E-state index is 12.2. The molecule has 9 heteroatoms. The molecule has 0 fully saturated rings. The van der Waals surface area contributed by atoms with Crippen molar-refractivity contribution < 1.29 is 23.3 Å². The molecular formula is C15H22N2O6S. The van der Waals surface area contributed by atoms with Crippen LogP contribution in [0.25, 0.3) is 0 Å². The number of benzene rings is 1. The van der Waals surface area contributed by atoms with Crippen LogP contribution in [0.4, 0.5) is 5.69 Å². The Hall–Kier alpha value is -1.81. The molecule has 0 heterocycles. The molecule has 0 aliphatic heterocycles. The van der Waals surface area contributed by atoms with E-state index in [1.165, 1.54) is 6.08 Å². The monoisotopic (exact) mass is 358 g/mol. The van der Waals surface area contributed by atoms with Crippen LogP contribution in [0, 0.1) is 22.0 Å². The van der Waals surface area contributed by atoms with Crippen LogP contribution >= 0.6 is 0 Å². The third-order valence-corrected chi connectivity index (χ3v) is 4.57. The van der Waals surface area contributed by atoms with E-state index in [0.717, 1.165) is 24.3 Å². The Labute approximate surface area is 141 Å². The third kappa shape index (κ3) is 5.68. The topological polar surface area (TPSA) is 119 Å². The van der Waals surface area contributed by atoms with Gasteiger partial charge < -0.3 is 5.11 Å². The largest absolute Gasteiger partial charge is 0.396 e. The Morgan fingerprint density at radius 2 is 1.96 bits per heavy atom. The standard InChI is InChI=1S/C15H22N2O6S/c1-4-15(12(10-18)9-11(2)3)23-16-24(21,22)14-7-5-13(6-8-14)17(19)20/h4-8,11-12,15-16,18H,1,9-10H2,2-3H3/t12-,15-/m0/s1. The molecule has 24 heavy (non-hydrogen) atoms. The Balaban J connectivity index is 2.81. The number of aliphatic hydroxyl groups is 1. The number of nitrogens with one attached hydrogen (secondary N) is 1. The number of nitro groups is 1. The molecule has 0 radical (unpaired) electrons. The molecule has 1 aromatic carbocycles. The molecule has 0 aliphatic rings. The zero-order valence-corrected chi connectivity index (χ0v) is 14.4. The second-order valence-corrected chi connectivity index (χ2v) is 7.37. The van der Waals surface area contributed by atoms with E-state index in [1.54, 1.807) is 0 Å². The highest BCUT2D eigenvalue weighted by atomic mass is 32.2. The van der Waals surface area contributed by atoms with Crippen molar-refractivity contribution in [2.24, 2.45) is 11.8 Å². The fourth-order valence-electron chi connectivity index (χ4n) is 2.17. The SMILES string of the molecule is C=C[C@H](ONS(=O)(=O)c1ccc([N+](=O)[O-])cc1)[C@H](CO)CC(C)C. The van der Waals surface area contributed by atoms with Gasteiger partial charge >= 0.3 is 0 Å². The lowest BCUT2D eigenvalue weighted by atomic mass is 9.93. The smallest absolute Gasteiger partial charge is 0.269 e. The van der Waals surface area contributed by atoms with Crippen molar-refractivity contribution in [1.29, 1.82) is 0 Å². The Morgan fingerprint density at radius 3 is 2.38 bits per heavy atom. The molecule has 1 aromatic rings. The molecule has 0 saturated heterocycles. The molecule has 0 saturated carbocycles. The first kappa shape index (κ1) is 20.2. The van der Waals surface area contributed by atoms with Gasteiger partial charge in [-0.15, -0.1) is 6.58 Å². The van der Waals surface area contributed by atoms with Gasteiger partial charge in [0.25, 0.3) is 15.7 Å². The normalized spacial score (nSPS) is 14.3. The number of sulfonamides is 1. The van der Waals surface area contributed by atoms with E-state index >= 15 is 0 Å². The fraction of sp³-hybridized carbons (Fsp3) is 0.467. The average Bonchev–Trinajstić information content (AvgIpc) is 2.53. The predicted molar refractivity (Wildman–Crippen MR) is 88.5 cm³/mol. The molecule has 134 valence electrons. The Morgan fingerprint density at radius 1 is 1.38 bits per heavy atom. The van der Waals surface area contributed by atoms with E-state index in [4.69, 9.17) is 4.84 Å². The molecule has 0 spiro atoms. The molecule has 0 aliphatic carbocycles. The van der Waals surface area contributed by atoms with Crippen LogP contribution in [0.2, 0.25) is 0 Å². The van der Waals surface area contributed by atoms with E-state index in [9.17, 15) is 23.6 Å². The summed E-state index contributed by atoms with van der Waals surface area (Å²) in [7, 11) is -4.00. The van der Waals surface area contributed by atoms with Gasteiger partial charge in [0.15, 0.2) is 0 Å². The van der Waals surface area contributed by atoms with Crippen LogP contribution in [0.3, 0.4) is 0 Å². The molecule has 2 N–H and O–H groups in total. The van der Waals surface area contributed by atoms with E-state index in [-0.39, 0.29) is 23.1 Å². The third-order valence-electron chi connectivity index (χ3n) is 3.36. The number of nitro benzene ring substituents is 1. The molecule has 0 aromatic heterocycles. The summed E-state index contributed by atoms with van der Waals surface area (Å²) in [4.78, 5) is 17.0. The van der Waals surface area contributed by atoms with Gasteiger partial charge in [-0.1, -0.05) is 24.8 Å². The predicted octanol–water partition coefficient (Wildman–Crippen LogP) is 2.01. The van der Waals surface area contributed by atoms with Crippen LogP contribution in [-0.4, -0.2) is 31.2 Å². The van der Waals surface area contributed by atoms with Gasteiger partial charge in [-0.2, -0.15) is 0 Å². The minimum atomic E-state index is -4.00. The summed E-state index contributed by atoms with van der Waals surface area (Å²) in [5, 5.41) is 20.0. The van der Waals surface area contributed by atoms with Gasteiger partial charge in [0, 0.05) is 24.7 Å².